The number of halogens is 1. The van der Waals surface area contributed by atoms with Crippen molar-refractivity contribution < 1.29 is 23.3 Å². The molecule has 1 N–H and O–H groups in total. The first kappa shape index (κ1) is 15.9. The number of aryl methyl sites for hydroxylation is 1. The number of carbonyl (C=O) groups is 2. The molecule has 0 saturated heterocycles. The van der Waals surface area contributed by atoms with Crippen molar-refractivity contribution in [3.8, 4) is 0 Å². The molecule has 1 aromatic carbocycles. The largest absolute Gasteiger partial charge is 0.455 e. The van der Waals surface area contributed by atoms with Crippen molar-refractivity contribution >= 4 is 23.1 Å². The third-order valence-electron chi connectivity index (χ3n) is 3.92. The molecule has 0 radical (unpaired) electrons. The zero-order valence-electron chi connectivity index (χ0n) is 12.7. The molecule has 0 atom stereocenters. The van der Waals surface area contributed by atoms with Crippen LogP contribution in [0.1, 0.15) is 45.1 Å². The van der Waals surface area contributed by atoms with Crippen LogP contribution < -0.4 is 5.32 Å². The summed E-state index contributed by atoms with van der Waals surface area (Å²) in [5, 5.41) is 13.3. The summed E-state index contributed by atoms with van der Waals surface area (Å²) in [5.41, 5.74) is 0.122. The smallest absolute Gasteiger partial charge is 0.295 e. The lowest BCUT2D eigenvalue weighted by Gasteiger charge is -2.07. The monoisotopic (exact) mass is 332 g/mol. The van der Waals surface area contributed by atoms with E-state index in [2.05, 4.69) is 5.32 Å². The molecule has 7 nitrogen and oxygen atoms in total. The van der Waals surface area contributed by atoms with E-state index in [0.717, 1.165) is 18.2 Å². The Morgan fingerprint density at radius 3 is 2.79 bits per heavy atom. The lowest BCUT2D eigenvalue weighted by Crippen LogP contribution is -2.14. The topological polar surface area (TPSA) is 102 Å². The third kappa shape index (κ3) is 2.66. The lowest BCUT2D eigenvalue weighted by atomic mass is 9.94. The van der Waals surface area contributed by atoms with Crippen LogP contribution in [0.5, 0.6) is 0 Å². The van der Waals surface area contributed by atoms with E-state index >= 15 is 0 Å². The van der Waals surface area contributed by atoms with Crippen molar-refractivity contribution in [3.63, 3.8) is 0 Å². The first-order chi connectivity index (χ1) is 11.4. The van der Waals surface area contributed by atoms with Crippen LogP contribution in [0.3, 0.4) is 0 Å². The number of nitro benzene ring substituents is 1. The lowest BCUT2D eigenvalue weighted by molar-refractivity contribution is -0.384. The van der Waals surface area contributed by atoms with Crippen LogP contribution in [-0.4, -0.2) is 16.6 Å². The van der Waals surface area contributed by atoms with E-state index in [0.29, 0.717) is 36.1 Å². The average Bonchev–Trinajstić information content (AvgIpc) is 2.87. The number of nitrogens with one attached hydrogen (secondary N) is 1. The number of ketones is 1. The summed E-state index contributed by atoms with van der Waals surface area (Å²) in [4.78, 5) is 34.5. The summed E-state index contributed by atoms with van der Waals surface area (Å²) in [6, 6.07) is 2.83. The average molecular weight is 332 g/mol. The van der Waals surface area contributed by atoms with E-state index in [1.165, 1.54) is 0 Å². The van der Waals surface area contributed by atoms with Gasteiger partial charge in [-0.1, -0.05) is 0 Å². The Kier molecular flexibility index (Phi) is 3.88. The number of nitrogens with zero attached hydrogens (tertiary/aromatic N) is 1. The van der Waals surface area contributed by atoms with Gasteiger partial charge in [-0.2, -0.15) is 0 Å². The molecule has 1 aromatic heterocycles. The van der Waals surface area contributed by atoms with Crippen molar-refractivity contribution in [3.05, 3.63) is 56.8 Å². The van der Waals surface area contributed by atoms with E-state index in [4.69, 9.17) is 4.42 Å². The van der Waals surface area contributed by atoms with Crippen molar-refractivity contribution in [1.29, 1.82) is 0 Å². The van der Waals surface area contributed by atoms with Gasteiger partial charge in [0.2, 0.25) is 0 Å². The molecule has 0 aliphatic heterocycles. The molecule has 1 amide bonds. The van der Waals surface area contributed by atoms with Crippen molar-refractivity contribution in [2.45, 2.75) is 26.2 Å². The number of hydrogen-bond acceptors (Lipinski definition) is 5. The maximum absolute atomic E-state index is 13.2. The van der Waals surface area contributed by atoms with Gasteiger partial charge < -0.3 is 9.73 Å². The molecule has 1 heterocycles. The molecular formula is C16H13FN2O5. The standard InChI is InChI=1S/C16H13FN2O5/c1-8-14-12(20)3-2-4-13(14)24-15(8)16(21)18-10-6-5-9(17)7-11(10)19(22)23/h5-7H,2-4H2,1H3,(H,18,21). The Hall–Kier alpha value is -3.03. The van der Waals surface area contributed by atoms with E-state index in [9.17, 15) is 24.1 Å². The Bertz CT molecular complexity index is 872. The number of nitro groups is 1. The van der Waals surface area contributed by atoms with Crippen LogP contribution in [0.2, 0.25) is 0 Å². The predicted molar refractivity (Wildman–Crippen MR) is 81.7 cm³/mol. The van der Waals surface area contributed by atoms with Gasteiger partial charge in [0.05, 0.1) is 16.6 Å². The Labute approximate surface area is 135 Å². The van der Waals surface area contributed by atoms with Crippen LogP contribution in [-0.2, 0) is 6.42 Å². The molecule has 2 aromatic rings. The molecule has 1 aliphatic rings. The molecule has 0 fully saturated rings. The van der Waals surface area contributed by atoms with Gasteiger partial charge in [0.25, 0.3) is 11.6 Å². The van der Waals surface area contributed by atoms with E-state index in [-0.39, 0.29) is 17.2 Å². The van der Waals surface area contributed by atoms with Gasteiger partial charge in [0.1, 0.15) is 17.3 Å². The van der Waals surface area contributed by atoms with Gasteiger partial charge in [-0.05, 0) is 25.5 Å². The second-order valence-electron chi connectivity index (χ2n) is 5.50. The van der Waals surface area contributed by atoms with Gasteiger partial charge >= 0.3 is 0 Å². The Balaban J connectivity index is 1.95. The fourth-order valence-corrected chi connectivity index (χ4v) is 2.81. The first-order valence-electron chi connectivity index (χ1n) is 7.29. The van der Waals surface area contributed by atoms with Crippen molar-refractivity contribution in [1.82, 2.24) is 0 Å². The Morgan fingerprint density at radius 1 is 1.38 bits per heavy atom. The van der Waals surface area contributed by atoms with Crippen LogP contribution in [0.4, 0.5) is 15.8 Å². The molecule has 124 valence electrons. The van der Waals surface area contributed by atoms with Gasteiger partial charge in [-0.15, -0.1) is 0 Å². The number of Topliss-reactive ketones (excluding diaryl/α,β-unsaturated/α-hetero) is 1. The number of rotatable bonds is 3. The normalized spacial score (nSPS) is 13.5. The van der Waals surface area contributed by atoms with E-state index < -0.39 is 22.3 Å². The van der Waals surface area contributed by atoms with Crippen molar-refractivity contribution in [2.75, 3.05) is 5.32 Å². The van der Waals surface area contributed by atoms with Crippen LogP contribution in [0.15, 0.2) is 22.6 Å². The highest BCUT2D eigenvalue weighted by atomic mass is 19.1. The predicted octanol–water partition coefficient (Wildman–Crippen LogP) is 3.41. The highest BCUT2D eigenvalue weighted by Gasteiger charge is 2.29. The summed E-state index contributed by atoms with van der Waals surface area (Å²) < 4.78 is 18.6. The Morgan fingerprint density at radius 2 is 2.12 bits per heavy atom. The molecule has 0 bridgehead atoms. The summed E-state index contributed by atoms with van der Waals surface area (Å²) >= 11 is 0. The number of benzene rings is 1. The SMILES string of the molecule is Cc1c(C(=O)Nc2ccc(F)cc2[N+](=O)[O-])oc2c1C(=O)CCC2. The molecule has 24 heavy (non-hydrogen) atoms. The molecule has 3 rings (SSSR count). The van der Waals surface area contributed by atoms with Gasteiger partial charge in [-0.25, -0.2) is 4.39 Å². The number of anilines is 1. The molecule has 0 unspecified atom stereocenters. The number of amides is 1. The van der Waals surface area contributed by atoms with E-state index in [1.807, 2.05) is 0 Å². The highest BCUT2D eigenvalue weighted by molar-refractivity contribution is 6.08. The number of carbonyl (C=O) groups excluding carboxylic acids is 2. The second-order valence-corrected chi connectivity index (χ2v) is 5.50. The van der Waals surface area contributed by atoms with Crippen LogP contribution in [0.25, 0.3) is 0 Å². The summed E-state index contributed by atoms with van der Waals surface area (Å²) in [6.45, 7) is 1.60. The molecular weight excluding hydrogens is 319 g/mol. The molecule has 8 heteroatoms. The fourth-order valence-electron chi connectivity index (χ4n) is 2.81. The van der Waals surface area contributed by atoms with Crippen LogP contribution >= 0.6 is 0 Å². The minimum Gasteiger partial charge on any atom is -0.455 e. The van der Waals surface area contributed by atoms with Gasteiger partial charge in [0.15, 0.2) is 11.5 Å². The molecule has 0 spiro atoms. The van der Waals surface area contributed by atoms with Crippen LogP contribution in [0, 0.1) is 22.9 Å². The minimum atomic E-state index is -0.789. The second kappa shape index (κ2) is 5.88. The molecule has 1 aliphatic carbocycles. The number of hydrogen-bond donors (Lipinski definition) is 1. The number of fused-ring (bicyclic) bond motifs is 1. The van der Waals surface area contributed by atoms with Gasteiger partial charge in [-0.3, -0.25) is 19.7 Å². The maximum Gasteiger partial charge on any atom is 0.295 e. The van der Waals surface area contributed by atoms with Crippen molar-refractivity contribution in [2.24, 2.45) is 0 Å². The summed E-state index contributed by atoms with van der Waals surface area (Å²) in [5.74, 6) is -1.18. The molecule has 0 saturated carbocycles. The highest BCUT2D eigenvalue weighted by Crippen LogP contribution is 2.31. The zero-order valence-corrected chi connectivity index (χ0v) is 12.7. The third-order valence-corrected chi connectivity index (χ3v) is 3.92. The van der Waals surface area contributed by atoms with E-state index in [1.54, 1.807) is 6.92 Å². The number of furan rings is 1. The quantitative estimate of drug-likeness (QED) is 0.685. The fraction of sp³-hybridized carbons (Fsp3) is 0.250. The zero-order chi connectivity index (χ0) is 17.4. The summed E-state index contributed by atoms with van der Waals surface area (Å²) in [7, 11) is 0. The maximum atomic E-state index is 13.2. The minimum absolute atomic E-state index is 0.0612. The summed E-state index contributed by atoms with van der Waals surface area (Å²) in [6.07, 6.45) is 1.62. The first-order valence-corrected chi connectivity index (χ1v) is 7.29. The van der Waals surface area contributed by atoms with Gasteiger partial charge in [0, 0.05) is 18.4 Å².